The van der Waals surface area contributed by atoms with Crippen LogP contribution in [0, 0.1) is 0 Å². The van der Waals surface area contributed by atoms with Gasteiger partial charge in [-0.1, -0.05) is 0 Å². The van der Waals surface area contributed by atoms with E-state index in [1.807, 2.05) is 0 Å². The second kappa shape index (κ2) is 5.25. The van der Waals surface area contributed by atoms with Crippen molar-refractivity contribution in [1.82, 2.24) is 0 Å². The minimum absolute atomic E-state index is 0.525. The van der Waals surface area contributed by atoms with Crippen molar-refractivity contribution >= 4 is 12.6 Å². The molecule has 0 fully saturated rings. The van der Waals surface area contributed by atoms with Gasteiger partial charge in [0, 0.05) is 0 Å². The first-order valence-corrected chi connectivity index (χ1v) is 4.27. The molecule has 0 aliphatic heterocycles. The predicted molar refractivity (Wildman–Crippen MR) is 19.8 cm³/mol. The van der Waals surface area contributed by atoms with E-state index in [0.717, 1.165) is 12.4 Å². The summed E-state index contributed by atoms with van der Waals surface area (Å²) in [6.45, 7) is 0.840. The van der Waals surface area contributed by atoms with Crippen molar-refractivity contribution in [2.24, 2.45) is 0 Å². The fraction of sp³-hybridized carbons (Fsp3) is 1.00. The Morgan fingerprint density at radius 2 is 2.40 bits per heavy atom. The van der Waals surface area contributed by atoms with E-state index < -0.39 is 0 Å². The Bertz CT molecular complexity index is 17.1. The summed E-state index contributed by atoms with van der Waals surface area (Å²) in [4.78, 5) is 0. The molecule has 0 aromatic rings. The Labute approximate surface area is 54.1 Å². The molecule has 0 aromatic carbocycles. The van der Waals surface area contributed by atoms with Crippen LogP contribution in [0.15, 0.2) is 0 Å². The molecule has 0 saturated carbocycles. The van der Waals surface area contributed by atoms with Gasteiger partial charge in [0.15, 0.2) is 0 Å². The first-order valence-electron chi connectivity index (χ1n) is 1.39. The molecule has 1 nitrogen and oxygen atoms in total. The number of hydrogen-bond donors (Lipinski definition) is 1. The van der Waals surface area contributed by atoms with Crippen LogP contribution in [0.5, 0.6) is 0 Å². The van der Waals surface area contributed by atoms with Crippen LogP contribution in [0.3, 0.4) is 0 Å². The first kappa shape index (κ1) is 6.25. The standard InChI is InChI=1S/C2H5OS.Hg/c3-1-2-4;/h4H,1-2H2;/q-1;+1. The average molecular weight is 278 g/mol. The van der Waals surface area contributed by atoms with E-state index in [9.17, 15) is 0 Å². The Morgan fingerprint density at radius 3 is 2.40 bits per heavy atom. The van der Waals surface area contributed by atoms with Crippen LogP contribution in [0.25, 0.3) is 0 Å². The zero-order valence-corrected chi connectivity index (χ0v) is 9.37. The van der Waals surface area contributed by atoms with Gasteiger partial charge in [0.25, 0.3) is 0 Å². The summed E-state index contributed by atoms with van der Waals surface area (Å²) in [5.74, 6) is 0.865. The predicted octanol–water partition coefficient (Wildman–Crippen LogP) is 0.395. The zero-order valence-electron chi connectivity index (χ0n) is 2.98. The van der Waals surface area contributed by atoms with Gasteiger partial charge in [-0.05, 0) is 0 Å². The summed E-state index contributed by atoms with van der Waals surface area (Å²) in [7, 11) is 0. The summed E-state index contributed by atoms with van der Waals surface area (Å²) in [6, 6.07) is 0. The second-order valence-electron chi connectivity index (χ2n) is 0.632. The molecule has 0 atom stereocenters. The van der Waals surface area contributed by atoms with E-state index in [1.54, 1.807) is 0 Å². The molecule has 0 heterocycles. The van der Waals surface area contributed by atoms with Gasteiger partial charge in [-0.25, -0.2) is 0 Å². The summed E-state index contributed by atoms with van der Waals surface area (Å²) in [5, 5.41) is 0. The van der Waals surface area contributed by atoms with Crippen molar-refractivity contribution in [2.75, 3.05) is 12.4 Å². The van der Waals surface area contributed by atoms with Gasteiger partial charge in [0.1, 0.15) is 0 Å². The van der Waals surface area contributed by atoms with E-state index in [4.69, 9.17) is 2.64 Å². The molecule has 0 rings (SSSR count). The summed E-state index contributed by atoms with van der Waals surface area (Å²) in [5.41, 5.74) is 0. The molecule has 0 radical (unpaired) electrons. The van der Waals surface area contributed by atoms with Crippen LogP contribution in [0.1, 0.15) is 0 Å². The van der Waals surface area contributed by atoms with Crippen LogP contribution in [0.2, 0.25) is 0 Å². The minimum atomic E-state index is 0.525. The molecule has 0 amide bonds. The van der Waals surface area contributed by atoms with Crippen molar-refractivity contribution in [3.05, 3.63) is 0 Å². The molecule has 0 saturated heterocycles. The maximum atomic E-state index is 4.81. The van der Waals surface area contributed by atoms with Crippen LogP contribution in [0.4, 0.5) is 0 Å². The Balaban J connectivity index is 2.19. The molecule has 0 aromatic heterocycles. The normalized spacial score (nSPS) is 8.60. The Morgan fingerprint density at radius 1 is 1.80 bits per heavy atom. The van der Waals surface area contributed by atoms with E-state index in [1.165, 1.54) is 0 Å². The summed E-state index contributed by atoms with van der Waals surface area (Å²) in [6.07, 6.45) is 0. The van der Waals surface area contributed by atoms with Crippen molar-refractivity contribution in [3.8, 4) is 0 Å². The fourth-order valence-electron chi connectivity index (χ4n) is 0.0645. The number of hydrogen-bond acceptors (Lipinski definition) is 2. The van der Waals surface area contributed by atoms with Crippen molar-refractivity contribution in [2.45, 2.75) is 0 Å². The SMILES string of the molecule is SCC[O][Hg]. The molecule has 0 spiro atoms. The summed E-state index contributed by atoms with van der Waals surface area (Å²) >= 11 is 4.43. The molecule has 0 unspecified atom stereocenters. The third-order valence-corrected chi connectivity index (χ3v) is 1.54. The van der Waals surface area contributed by atoms with Crippen molar-refractivity contribution in [1.29, 1.82) is 0 Å². The van der Waals surface area contributed by atoms with Gasteiger partial charge in [-0.3, -0.25) is 0 Å². The van der Waals surface area contributed by atoms with Gasteiger partial charge in [-0.2, -0.15) is 0 Å². The molecule has 5 heavy (non-hydrogen) atoms. The van der Waals surface area contributed by atoms with Crippen LogP contribution in [-0.2, 0) is 29.2 Å². The van der Waals surface area contributed by atoms with Gasteiger partial charge in [0.05, 0.1) is 0 Å². The number of rotatable bonds is 2. The van der Waals surface area contributed by atoms with Gasteiger partial charge < -0.3 is 0 Å². The van der Waals surface area contributed by atoms with Crippen molar-refractivity contribution in [3.63, 3.8) is 0 Å². The molecular weight excluding hydrogens is 273 g/mol. The Kier molecular flexibility index (Phi) is 6.55. The quantitative estimate of drug-likeness (QED) is 0.568. The van der Waals surface area contributed by atoms with Gasteiger partial charge in [-0.15, -0.1) is 0 Å². The van der Waals surface area contributed by atoms with E-state index >= 15 is 0 Å². The molecule has 27 valence electrons. The van der Waals surface area contributed by atoms with E-state index in [0.29, 0.717) is 26.6 Å². The average Bonchev–Trinajstić information content (AvgIpc) is 1.41. The monoisotopic (exact) mass is 279 g/mol. The molecular formula is C2H5HgOS. The molecule has 0 aliphatic carbocycles. The van der Waals surface area contributed by atoms with E-state index in [-0.39, 0.29) is 0 Å². The van der Waals surface area contributed by atoms with Crippen LogP contribution < -0.4 is 0 Å². The van der Waals surface area contributed by atoms with Gasteiger partial charge in [0.2, 0.25) is 0 Å². The molecule has 3 heteroatoms. The maximum absolute atomic E-state index is 4.81. The molecule has 0 aliphatic rings. The second-order valence-corrected chi connectivity index (χ2v) is 2.67. The number of thiol groups is 1. The first-order chi connectivity index (χ1) is 2.41. The topological polar surface area (TPSA) is 9.23 Å². The summed E-state index contributed by atoms with van der Waals surface area (Å²) < 4.78 is 4.81. The van der Waals surface area contributed by atoms with Crippen LogP contribution >= 0.6 is 12.6 Å². The van der Waals surface area contributed by atoms with Crippen LogP contribution in [-0.4, -0.2) is 12.4 Å². The van der Waals surface area contributed by atoms with E-state index in [2.05, 4.69) is 12.6 Å². The zero-order chi connectivity index (χ0) is 4.12. The molecule has 0 bridgehead atoms. The third-order valence-electron chi connectivity index (χ3n) is 0.236. The fourth-order valence-corrected chi connectivity index (χ4v) is 1.70. The third kappa shape index (κ3) is 5.25. The Hall–Kier alpha value is 1.25. The van der Waals surface area contributed by atoms with Gasteiger partial charge >= 0.3 is 54.2 Å². The molecule has 0 N–H and O–H groups in total. The van der Waals surface area contributed by atoms with Crippen molar-refractivity contribution < 1.29 is 29.2 Å².